The van der Waals surface area contributed by atoms with Gasteiger partial charge in [0.1, 0.15) is 11.4 Å². The molecule has 12 heteroatoms. The van der Waals surface area contributed by atoms with Crippen LogP contribution in [0.1, 0.15) is 68.3 Å². The molecule has 10 rings (SSSR count). The van der Waals surface area contributed by atoms with E-state index in [1.165, 1.54) is 5.56 Å². The number of hydrogen-bond acceptors (Lipinski definition) is 9. The van der Waals surface area contributed by atoms with Crippen molar-refractivity contribution in [2.24, 2.45) is 10.2 Å². The summed E-state index contributed by atoms with van der Waals surface area (Å²) < 4.78 is 1.83. The van der Waals surface area contributed by atoms with E-state index >= 15 is 0 Å². The highest BCUT2D eigenvalue weighted by Crippen LogP contribution is 2.41. The van der Waals surface area contributed by atoms with Crippen molar-refractivity contribution >= 4 is 79.6 Å². The van der Waals surface area contributed by atoms with Gasteiger partial charge < -0.3 is 26.3 Å². The summed E-state index contributed by atoms with van der Waals surface area (Å²) in [6.45, 7) is 8.17. The molecule has 364 valence electrons. The van der Waals surface area contributed by atoms with Crippen LogP contribution in [0.2, 0.25) is 0 Å². The van der Waals surface area contributed by atoms with Crippen molar-refractivity contribution in [2.45, 2.75) is 33.6 Å². The minimum atomic E-state index is -0.454. The Bertz CT molecular complexity index is 3790. The first-order valence-electron chi connectivity index (χ1n) is 24.2. The largest absolute Gasteiger partial charge is 0.505 e. The zero-order valence-corrected chi connectivity index (χ0v) is 41.1. The Hall–Kier alpha value is -9.81. The molecule has 1 heterocycles. The molecule has 0 atom stereocenters. The Kier molecular flexibility index (Phi) is 13.5. The quantitative estimate of drug-likeness (QED) is 0.0359. The maximum atomic E-state index is 13.5. The van der Waals surface area contributed by atoms with Crippen LogP contribution in [0, 0.1) is 13.8 Å². The molecule has 6 N–H and O–H groups in total. The molecular weight excluding hydrogens is 921 g/mol. The number of para-hydroxylation sites is 2. The smallest absolute Gasteiger partial charge is 0.259 e. The number of hydrogen-bond donors (Lipinski definition) is 6. The highest BCUT2D eigenvalue weighted by Gasteiger charge is 2.21. The molecule has 12 nitrogen and oxygen atoms in total. The van der Waals surface area contributed by atoms with Crippen molar-refractivity contribution in [1.82, 2.24) is 9.78 Å². The molecule has 0 spiro atoms. The van der Waals surface area contributed by atoms with Crippen molar-refractivity contribution in [1.29, 1.82) is 0 Å². The summed E-state index contributed by atoms with van der Waals surface area (Å²) in [5, 5.41) is 45.8. The van der Waals surface area contributed by atoms with E-state index in [-0.39, 0.29) is 28.3 Å². The van der Waals surface area contributed by atoms with Crippen LogP contribution in [0.3, 0.4) is 0 Å². The number of nitrogens with zero attached hydrogens (tertiary/aromatic N) is 4. The Morgan fingerprint density at radius 3 is 1.78 bits per heavy atom. The molecule has 10 aromatic rings. The number of phenols is 2. The molecule has 0 aliphatic rings. The average molecular weight is 973 g/mol. The SMILES string of the molecule is Cc1ccccc1NC(=O)c1cc2ccccc2c(N=Nc2ccc(-n3cc(C=Cc4ccc(NNc5c(O)c(C(=O)Nc6ccccc6C)cc6ccccc56)cc4)c(-c4ccc(C(C)C)cc4)n3)cc2)c1O. The Morgan fingerprint density at radius 1 is 0.595 bits per heavy atom. The second-order valence-corrected chi connectivity index (χ2v) is 18.3. The van der Waals surface area contributed by atoms with Gasteiger partial charge in [-0.2, -0.15) is 10.2 Å². The second kappa shape index (κ2) is 20.9. The molecule has 0 unspecified atom stereocenters. The van der Waals surface area contributed by atoms with Crippen LogP contribution in [0.4, 0.5) is 34.1 Å². The summed E-state index contributed by atoms with van der Waals surface area (Å²) in [7, 11) is 0. The molecule has 0 fully saturated rings. The molecule has 0 saturated carbocycles. The van der Waals surface area contributed by atoms with Crippen molar-refractivity contribution in [2.75, 3.05) is 21.5 Å². The number of phenolic OH excluding ortho intramolecular Hbond substituents is 2. The molecule has 9 aromatic carbocycles. The van der Waals surface area contributed by atoms with Gasteiger partial charge in [-0.05, 0) is 113 Å². The van der Waals surface area contributed by atoms with Gasteiger partial charge >= 0.3 is 0 Å². The minimum absolute atomic E-state index is 0.0909. The van der Waals surface area contributed by atoms with Gasteiger partial charge in [0.05, 0.1) is 33.9 Å². The first-order valence-corrected chi connectivity index (χ1v) is 24.2. The fourth-order valence-corrected chi connectivity index (χ4v) is 8.70. The van der Waals surface area contributed by atoms with Gasteiger partial charge in [0.25, 0.3) is 11.8 Å². The molecule has 2 amide bonds. The van der Waals surface area contributed by atoms with Gasteiger partial charge in [0.2, 0.25) is 0 Å². The van der Waals surface area contributed by atoms with Crippen molar-refractivity contribution in [3.05, 3.63) is 227 Å². The number of amides is 2. The minimum Gasteiger partial charge on any atom is -0.505 e. The van der Waals surface area contributed by atoms with Gasteiger partial charge in [0, 0.05) is 39.5 Å². The summed E-state index contributed by atoms with van der Waals surface area (Å²) in [6.07, 6.45) is 6.06. The predicted octanol–water partition coefficient (Wildman–Crippen LogP) is 15.5. The van der Waals surface area contributed by atoms with E-state index in [9.17, 15) is 19.8 Å². The topological polar surface area (TPSA) is 165 Å². The van der Waals surface area contributed by atoms with E-state index < -0.39 is 11.8 Å². The summed E-state index contributed by atoms with van der Waals surface area (Å²) in [5.41, 5.74) is 17.2. The molecule has 0 radical (unpaired) electrons. The number of fused-ring (bicyclic) bond motifs is 2. The summed E-state index contributed by atoms with van der Waals surface area (Å²) in [4.78, 5) is 27.0. The second-order valence-electron chi connectivity index (χ2n) is 18.3. The third-order valence-corrected chi connectivity index (χ3v) is 13.0. The third kappa shape index (κ3) is 10.2. The number of rotatable bonds is 14. The number of nitrogens with one attached hydrogen (secondary N) is 4. The molecule has 0 saturated heterocycles. The van der Waals surface area contributed by atoms with E-state index in [4.69, 9.17) is 5.10 Å². The van der Waals surface area contributed by atoms with Gasteiger partial charge in [0.15, 0.2) is 11.5 Å². The van der Waals surface area contributed by atoms with Crippen molar-refractivity contribution in [3.63, 3.8) is 0 Å². The molecule has 1 aromatic heterocycles. The first-order chi connectivity index (χ1) is 36.0. The summed E-state index contributed by atoms with van der Waals surface area (Å²) in [5.74, 6) is -0.929. The third-order valence-electron chi connectivity index (χ3n) is 13.0. The van der Waals surface area contributed by atoms with E-state index in [2.05, 4.69) is 69.8 Å². The number of azo groups is 1. The average Bonchev–Trinajstić information content (AvgIpc) is 3.85. The first kappa shape index (κ1) is 47.8. The fraction of sp³-hybridized carbons (Fsp3) is 0.0806. The zero-order chi connectivity index (χ0) is 51.3. The van der Waals surface area contributed by atoms with Crippen molar-refractivity contribution < 1.29 is 19.8 Å². The van der Waals surface area contributed by atoms with E-state index in [0.717, 1.165) is 61.0 Å². The van der Waals surface area contributed by atoms with E-state index in [1.54, 1.807) is 12.1 Å². The van der Waals surface area contributed by atoms with Crippen LogP contribution in [0.15, 0.2) is 198 Å². The summed E-state index contributed by atoms with van der Waals surface area (Å²) >= 11 is 0. The van der Waals surface area contributed by atoms with Crippen LogP contribution in [0.5, 0.6) is 11.5 Å². The fourth-order valence-electron chi connectivity index (χ4n) is 8.70. The van der Waals surface area contributed by atoms with Crippen LogP contribution < -0.4 is 21.5 Å². The maximum Gasteiger partial charge on any atom is 0.259 e. The Morgan fingerprint density at radius 2 is 1.16 bits per heavy atom. The number of benzene rings is 9. The molecule has 0 bridgehead atoms. The van der Waals surface area contributed by atoms with Gasteiger partial charge in [-0.1, -0.05) is 147 Å². The summed E-state index contributed by atoms with van der Waals surface area (Å²) in [6, 6.07) is 57.1. The number of carbonyl (C=O) groups excluding carboxylic acids is 2. The maximum absolute atomic E-state index is 13.5. The highest BCUT2D eigenvalue weighted by molar-refractivity contribution is 6.13. The van der Waals surface area contributed by atoms with Gasteiger partial charge in [-0.25, -0.2) is 4.68 Å². The standard InChI is InChI=1S/C62H52N8O4/c1-38(2)42-25-27-43(28-26-42)56-46(24-21-41-22-29-47(30-23-41)65-67-57-50-17-9-7-15-44(50)35-52(59(57)71)61(73)63-54-19-11-5-13-39(54)3)37-70(69-56)49-33-31-48(32-34-49)66-68-58-51-18-10-8-16-45(51)36-53(60(58)72)62(74)64-55-20-12-6-14-40(55)4/h5-38,65,67,71-72H,1-4H3,(H,63,73)(H,64,74). The lowest BCUT2D eigenvalue weighted by Crippen LogP contribution is -2.15. The van der Waals surface area contributed by atoms with Gasteiger partial charge in [-0.15, -0.1) is 5.11 Å². The zero-order valence-electron chi connectivity index (χ0n) is 41.1. The number of aryl methyl sites for hydroxylation is 2. The molecular formula is C62H52N8O4. The number of carbonyl (C=O) groups is 2. The van der Waals surface area contributed by atoms with Crippen LogP contribution >= 0.6 is 0 Å². The normalized spacial score (nSPS) is 11.5. The van der Waals surface area contributed by atoms with Gasteiger partial charge in [-0.3, -0.25) is 15.0 Å². The number of hydrazine groups is 1. The van der Waals surface area contributed by atoms with Crippen LogP contribution in [-0.2, 0) is 0 Å². The van der Waals surface area contributed by atoms with E-state index in [0.29, 0.717) is 34.1 Å². The number of aromatic nitrogens is 2. The molecule has 0 aliphatic heterocycles. The lowest BCUT2D eigenvalue weighted by Gasteiger charge is -2.17. The highest BCUT2D eigenvalue weighted by atomic mass is 16.3. The van der Waals surface area contributed by atoms with Crippen LogP contribution in [0.25, 0.3) is 50.6 Å². The molecule has 0 aliphatic carbocycles. The Balaban J connectivity index is 0.882. The van der Waals surface area contributed by atoms with Crippen LogP contribution in [-0.4, -0.2) is 31.8 Å². The monoisotopic (exact) mass is 972 g/mol. The lowest BCUT2D eigenvalue weighted by molar-refractivity contribution is 0.101. The van der Waals surface area contributed by atoms with E-state index in [1.807, 2.05) is 182 Å². The Labute approximate surface area is 428 Å². The molecule has 74 heavy (non-hydrogen) atoms. The number of anilines is 4. The van der Waals surface area contributed by atoms with Crippen molar-refractivity contribution in [3.8, 4) is 28.4 Å². The predicted molar refractivity (Wildman–Crippen MR) is 299 cm³/mol. The number of aromatic hydroxyl groups is 2. The lowest BCUT2D eigenvalue weighted by atomic mass is 9.99.